The van der Waals surface area contributed by atoms with E-state index >= 15 is 0 Å². The Balaban J connectivity index is 2.08. The second kappa shape index (κ2) is 9.13. The van der Waals surface area contributed by atoms with E-state index in [-0.39, 0.29) is 12.0 Å². The van der Waals surface area contributed by atoms with Gasteiger partial charge >= 0.3 is 6.09 Å². The van der Waals surface area contributed by atoms with E-state index in [0.717, 1.165) is 35.1 Å². The summed E-state index contributed by atoms with van der Waals surface area (Å²) in [7, 11) is 3.25. The fraction of sp³-hybridized carbons (Fsp3) is 0.478. The van der Waals surface area contributed by atoms with Gasteiger partial charge in [-0.3, -0.25) is 4.98 Å². The first-order chi connectivity index (χ1) is 14.3. The molecule has 0 saturated carbocycles. The van der Waals surface area contributed by atoms with Crippen LogP contribution >= 0.6 is 11.6 Å². The predicted molar refractivity (Wildman–Crippen MR) is 117 cm³/mol. The lowest BCUT2D eigenvalue weighted by Gasteiger charge is -2.36. The number of nitrogens with zero attached hydrogens (tertiary/aromatic N) is 1. The molecule has 1 N–H and O–H groups in total. The highest BCUT2D eigenvalue weighted by atomic mass is 35.5. The Bertz CT molecular complexity index is 911. The number of carbonyl (C=O) groups is 1. The molecule has 1 aliphatic rings. The lowest BCUT2D eigenvalue weighted by atomic mass is 9.74. The molecule has 162 valence electrons. The minimum atomic E-state index is -0.569. The molecule has 1 aliphatic carbocycles. The van der Waals surface area contributed by atoms with E-state index in [1.54, 1.807) is 26.6 Å². The van der Waals surface area contributed by atoms with Gasteiger partial charge in [0.2, 0.25) is 0 Å². The number of methoxy groups -OCH3 is 2. The Morgan fingerprint density at radius 3 is 2.53 bits per heavy atom. The van der Waals surface area contributed by atoms with Gasteiger partial charge in [-0.25, -0.2) is 4.79 Å². The van der Waals surface area contributed by atoms with Gasteiger partial charge in [-0.1, -0.05) is 0 Å². The smallest absolute Gasteiger partial charge is 0.407 e. The maximum absolute atomic E-state index is 12.6. The van der Waals surface area contributed by atoms with Crippen LogP contribution in [-0.4, -0.2) is 36.9 Å². The third-order valence-corrected chi connectivity index (χ3v) is 5.52. The number of hydrogen-bond donors (Lipinski definition) is 1. The Kier molecular flexibility index (Phi) is 6.76. The summed E-state index contributed by atoms with van der Waals surface area (Å²) >= 11 is 6.23. The number of alkyl carbamates (subject to hydrolysis) is 1. The van der Waals surface area contributed by atoms with Crippen molar-refractivity contribution in [3.63, 3.8) is 0 Å². The number of pyridine rings is 1. The molecule has 6 nitrogen and oxygen atoms in total. The number of carbonyl (C=O) groups excluding carboxylic acids is 1. The van der Waals surface area contributed by atoms with Crippen molar-refractivity contribution in [3.8, 4) is 11.5 Å². The number of aryl methyl sites for hydroxylation is 1. The lowest BCUT2D eigenvalue weighted by Crippen LogP contribution is -2.44. The van der Waals surface area contributed by atoms with Crippen LogP contribution in [0.15, 0.2) is 30.6 Å². The molecule has 0 fully saturated rings. The van der Waals surface area contributed by atoms with E-state index in [1.807, 2.05) is 39.0 Å². The minimum Gasteiger partial charge on any atom is -0.493 e. The zero-order valence-corrected chi connectivity index (χ0v) is 18.9. The minimum absolute atomic E-state index is 0.113. The van der Waals surface area contributed by atoms with Crippen LogP contribution in [0.2, 0.25) is 0 Å². The van der Waals surface area contributed by atoms with Crippen LogP contribution in [-0.2, 0) is 17.0 Å². The molecule has 1 aromatic heterocycles. The van der Waals surface area contributed by atoms with Gasteiger partial charge in [-0.2, -0.15) is 0 Å². The molecule has 0 radical (unpaired) electrons. The van der Waals surface area contributed by atoms with Gasteiger partial charge < -0.3 is 19.5 Å². The Hall–Kier alpha value is -2.47. The van der Waals surface area contributed by atoms with Crippen LogP contribution in [0.3, 0.4) is 0 Å². The van der Waals surface area contributed by atoms with Gasteiger partial charge in [-0.15, -0.1) is 11.6 Å². The normalized spacial score (nSPS) is 18.3. The van der Waals surface area contributed by atoms with Crippen molar-refractivity contribution in [2.24, 2.45) is 0 Å². The molecule has 0 spiro atoms. The second-order valence-electron chi connectivity index (χ2n) is 8.38. The average molecular weight is 433 g/mol. The van der Waals surface area contributed by atoms with Gasteiger partial charge in [0.1, 0.15) is 5.60 Å². The molecule has 1 amide bonds. The molecular formula is C23H29ClN2O4. The third kappa shape index (κ3) is 4.81. The van der Waals surface area contributed by atoms with Crippen LogP contribution in [0.4, 0.5) is 4.79 Å². The first-order valence-electron chi connectivity index (χ1n) is 10.0. The molecule has 2 unspecified atom stereocenters. The van der Waals surface area contributed by atoms with Crippen molar-refractivity contribution in [2.75, 3.05) is 14.2 Å². The zero-order valence-electron chi connectivity index (χ0n) is 18.1. The van der Waals surface area contributed by atoms with Crippen LogP contribution in [0.5, 0.6) is 11.5 Å². The first-order valence-corrected chi connectivity index (χ1v) is 10.5. The van der Waals surface area contributed by atoms with E-state index in [0.29, 0.717) is 17.4 Å². The van der Waals surface area contributed by atoms with Gasteiger partial charge in [0.05, 0.1) is 14.2 Å². The summed E-state index contributed by atoms with van der Waals surface area (Å²) in [5, 5.41) is 3.09. The number of fused-ring (bicyclic) bond motifs is 1. The number of nitrogens with one attached hydrogen (secondary N) is 1. The van der Waals surface area contributed by atoms with Crippen LogP contribution in [0.25, 0.3) is 0 Å². The van der Waals surface area contributed by atoms with E-state index in [1.165, 1.54) is 0 Å². The topological polar surface area (TPSA) is 69.7 Å². The van der Waals surface area contributed by atoms with E-state index in [2.05, 4.69) is 10.3 Å². The molecule has 2 aromatic rings. The largest absolute Gasteiger partial charge is 0.493 e. The number of amides is 1. The van der Waals surface area contributed by atoms with E-state index < -0.39 is 11.7 Å². The highest BCUT2D eigenvalue weighted by Crippen LogP contribution is 2.43. The Morgan fingerprint density at radius 1 is 1.20 bits per heavy atom. The summed E-state index contributed by atoms with van der Waals surface area (Å²) in [4.78, 5) is 16.8. The molecule has 0 bridgehead atoms. The summed E-state index contributed by atoms with van der Waals surface area (Å²) in [6.07, 6.45) is 4.67. The number of aromatic nitrogens is 1. The quantitative estimate of drug-likeness (QED) is 0.686. The fourth-order valence-electron chi connectivity index (χ4n) is 3.99. The summed E-state index contributed by atoms with van der Waals surface area (Å²) in [5.41, 5.74) is 3.65. The monoisotopic (exact) mass is 432 g/mol. The highest BCUT2D eigenvalue weighted by Gasteiger charge is 2.35. The number of halogens is 1. The van der Waals surface area contributed by atoms with Crippen LogP contribution < -0.4 is 14.8 Å². The molecule has 7 heteroatoms. The van der Waals surface area contributed by atoms with E-state index in [9.17, 15) is 4.79 Å². The molecule has 1 aromatic carbocycles. The number of alkyl halides is 1. The summed E-state index contributed by atoms with van der Waals surface area (Å²) in [5.74, 6) is 1.57. The van der Waals surface area contributed by atoms with Gasteiger partial charge in [-0.05, 0) is 74.1 Å². The van der Waals surface area contributed by atoms with Crippen molar-refractivity contribution in [1.29, 1.82) is 0 Å². The molecule has 0 saturated heterocycles. The van der Waals surface area contributed by atoms with Crippen molar-refractivity contribution in [2.45, 2.75) is 57.1 Å². The number of benzene rings is 1. The zero-order chi connectivity index (χ0) is 21.9. The lowest BCUT2D eigenvalue weighted by molar-refractivity contribution is 0.0495. The van der Waals surface area contributed by atoms with Crippen molar-refractivity contribution >= 4 is 17.7 Å². The Labute approximate surface area is 182 Å². The summed E-state index contributed by atoms with van der Waals surface area (Å²) in [6.45, 7) is 5.56. The standard InChI is InChI=1S/C23H29ClN2O4/c1-23(2,3)30-22(27)26-18-7-6-14-10-19(28-4)20(29-5)11-17(14)21(18)16-8-9-25-13-15(16)12-24/h8-11,13,18,21H,6-7,12H2,1-5H3,(H,26,27). The molecule has 30 heavy (non-hydrogen) atoms. The maximum atomic E-state index is 12.6. The Morgan fingerprint density at radius 2 is 1.90 bits per heavy atom. The molecular weight excluding hydrogens is 404 g/mol. The average Bonchev–Trinajstić information content (AvgIpc) is 2.71. The third-order valence-electron chi connectivity index (χ3n) is 5.23. The molecule has 2 atom stereocenters. The van der Waals surface area contributed by atoms with Crippen molar-refractivity contribution < 1.29 is 19.0 Å². The van der Waals surface area contributed by atoms with Crippen LogP contribution in [0.1, 0.15) is 55.4 Å². The fourth-order valence-corrected chi connectivity index (χ4v) is 4.21. The SMILES string of the molecule is COc1cc2c(cc1OC)C(c1ccncc1CCl)C(NC(=O)OC(C)(C)C)CC2. The molecule has 3 rings (SSSR count). The number of rotatable bonds is 5. The maximum Gasteiger partial charge on any atom is 0.407 e. The summed E-state index contributed by atoms with van der Waals surface area (Å²) in [6, 6.07) is 5.83. The predicted octanol–water partition coefficient (Wildman–Crippen LogP) is 4.81. The number of hydrogen-bond acceptors (Lipinski definition) is 5. The second-order valence-corrected chi connectivity index (χ2v) is 8.65. The van der Waals surface area contributed by atoms with E-state index in [4.69, 9.17) is 25.8 Å². The summed E-state index contributed by atoms with van der Waals surface area (Å²) < 4.78 is 16.6. The van der Waals surface area contributed by atoms with Crippen LogP contribution in [0, 0.1) is 0 Å². The van der Waals surface area contributed by atoms with Gasteiger partial charge in [0.25, 0.3) is 0 Å². The molecule has 1 heterocycles. The van der Waals surface area contributed by atoms with Crippen molar-refractivity contribution in [1.82, 2.24) is 10.3 Å². The highest BCUT2D eigenvalue weighted by molar-refractivity contribution is 6.17. The van der Waals surface area contributed by atoms with Gasteiger partial charge in [0, 0.05) is 30.2 Å². The van der Waals surface area contributed by atoms with Crippen molar-refractivity contribution in [3.05, 3.63) is 52.8 Å². The molecule has 0 aliphatic heterocycles. The first kappa shape index (κ1) is 22.2. The number of ether oxygens (including phenoxy) is 3. The van der Waals surface area contributed by atoms with Gasteiger partial charge in [0.15, 0.2) is 11.5 Å².